The Morgan fingerprint density at radius 3 is 2.71 bits per heavy atom. The number of rotatable bonds is 5. The lowest BCUT2D eigenvalue weighted by Gasteiger charge is -2.22. The average Bonchev–Trinajstić information content (AvgIpc) is 3.17. The Morgan fingerprint density at radius 2 is 1.96 bits per heavy atom. The zero-order chi connectivity index (χ0) is 19.5. The monoisotopic (exact) mass is 433 g/mol. The van der Waals surface area contributed by atoms with Crippen molar-refractivity contribution in [2.75, 3.05) is 5.75 Å². The van der Waals surface area contributed by atoms with Crippen molar-refractivity contribution >= 4 is 50.8 Å². The number of halogens is 1. The summed E-state index contributed by atoms with van der Waals surface area (Å²) in [6.07, 6.45) is 5.68. The quantitative estimate of drug-likeness (QED) is 0.470. The predicted molar refractivity (Wildman–Crippen MR) is 116 cm³/mol. The summed E-state index contributed by atoms with van der Waals surface area (Å²) in [5.74, 6) is 0.214. The fourth-order valence-electron chi connectivity index (χ4n) is 3.45. The van der Waals surface area contributed by atoms with Crippen molar-refractivity contribution < 1.29 is 4.79 Å². The molecular weight excluding hydrogens is 414 g/mol. The predicted octanol–water partition coefficient (Wildman–Crippen LogP) is 4.64. The van der Waals surface area contributed by atoms with Gasteiger partial charge in [0.05, 0.1) is 17.0 Å². The van der Waals surface area contributed by atoms with Crippen molar-refractivity contribution in [2.24, 2.45) is 0 Å². The van der Waals surface area contributed by atoms with Gasteiger partial charge in [-0.05, 0) is 48.6 Å². The van der Waals surface area contributed by atoms with E-state index in [1.807, 2.05) is 11.4 Å². The first-order chi connectivity index (χ1) is 13.6. The SMILES string of the molecule is O=C(CSc1nc2ccsc2c(=O)n1-c1ccc(Cl)cc1)NC1CCCCC1. The molecule has 1 aromatic carbocycles. The maximum absolute atomic E-state index is 13.0. The number of benzene rings is 1. The van der Waals surface area contributed by atoms with Gasteiger partial charge in [0, 0.05) is 11.1 Å². The molecule has 1 N–H and O–H groups in total. The Kier molecular flexibility index (Phi) is 6.04. The van der Waals surface area contributed by atoms with Crippen LogP contribution in [0.4, 0.5) is 0 Å². The summed E-state index contributed by atoms with van der Waals surface area (Å²) < 4.78 is 2.17. The van der Waals surface area contributed by atoms with Gasteiger partial charge >= 0.3 is 0 Å². The molecule has 3 aromatic rings. The van der Waals surface area contributed by atoms with Crippen LogP contribution < -0.4 is 10.9 Å². The van der Waals surface area contributed by atoms with Crippen LogP contribution >= 0.6 is 34.7 Å². The van der Waals surface area contributed by atoms with E-state index in [2.05, 4.69) is 10.3 Å². The Morgan fingerprint density at radius 1 is 1.21 bits per heavy atom. The van der Waals surface area contributed by atoms with Gasteiger partial charge in [0.2, 0.25) is 5.91 Å². The summed E-state index contributed by atoms with van der Waals surface area (Å²) in [4.78, 5) is 30.1. The van der Waals surface area contributed by atoms with E-state index in [9.17, 15) is 9.59 Å². The van der Waals surface area contributed by atoms with E-state index in [1.165, 1.54) is 42.4 Å². The van der Waals surface area contributed by atoms with Gasteiger partial charge in [-0.3, -0.25) is 14.2 Å². The lowest BCUT2D eigenvalue weighted by atomic mass is 9.95. The number of amides is 1. The summed E-state index contributed by atoms with van der Waals surface area (Å²) in [7, 11) is 0. The number of carbonyl (C=O) groups is 1. The van der Waals surface area contributed by atoms with Crippen molar-refractivity contribution in [3.63, 3.8) is 0 Å². The van der Waals surface area contributed by atoms with Crippen molar-refractivity contribution in [1.29, 1.82) is 0 Å². The summed E-state index contributed by atoms with van der Waals surface area (Å²) in [5, 5.41) is 6.08. The van der Waals surface area contributed by atoms with Crippen LogP contribution in [-0.2, 0) is 4.79 Å². The molecule has 2 aromatic heterocycles. The number of thioether (sulfide) groups is 1. The molecule has 0 radical (unpaired) electrons. The first kappa shape index (κ1) is 19.5. The zero-order valence-corrected chi connectivity index (χ0v) is 17.6. The second-order valence-corrected chi connectivity index (χ2v) is 9.13. The standard InChI is InChI=1S/C20H20ClN3O2S2/c21-13-6-8-15(9-7-13)24-19(26)18-16(10-11-27-18)23-20(24)28-12-17(25)22-14-4-2-1-3-5-14/h6-11,14H,1-5,12H2,(H,22,25). The number of carbonyl (C=O) groups excluding carboxylic acids is 1. The van der Waals surface area contributed by atoms with E-state index in [4.69, 9.17) is 11.6 Å². The molecule has 28 heavy (non-hydrogen) atoms. The van der Waals surface area contributed by atoms with Crippen LogP contribution in [0.1, 0.15) is 32.1 Å². The second kappa shape index (κ2) is 8.68. The highest BCUT2D eigenvalue weighted by molar-refractivity contribution is 7.99. The largest absolute Gasteiger partial charge is 0.353 e. The Balaban J connectivity index is 1.60. The van der Waals surface area contributed by atoms with Crippen LogP contribution in [0.5, 0.6) is 0 Å². The second-order valence-electron chi connectivity index (χ2n) is 6.84. The fourth-order valence-corrected chi connectivity index (χ4v) is 5.16. The molecule has 0 saturated heterocycles. The number of nitrogens with zero attached hydrogens (tertiary/aromatic N) is 2. The van der Waals surface area contributed by atoms with Crippen LogP contribution in [0, 0.1) is 0 Å². The van der Waals surface area contributed by atoms with Crippen LogP contribution in [0.2, 0.25) is 5.02 Å². The van der Waals surface area contributed by atoms with Gasteiger partial charge < -0.3 is 5.32 Å². The van der Waals surface area contributed by atoms with Crippen LogP contribution in [-0.4, -0.2) is 27.3 Å². The van der Waals surface area contributed by atoms with E-state index in [-0.39, 0.29) is 23.3 Å². The molecule has 2 heterocycles. The van der Waals surface area contributed by atoms with Gasteiger partial charge in [0.1, 0.15) is 4.70 Å². The minimum atomic E-state index is -0.127. The van der Waals surface area contributed by atoms with E-state index >= 15 is 0 Å². The van der Waals surface area contributed by atoms with Gasteiger partial charge in [-0.1, -0.05) is 42.6 Å². The lowest BCUT2D eigenvalue weighted by Crippen LogP contribution is -2.37. The van der Waals surface area contributed by atoms with Crippen LogP contribution in [0.3, 0.4) is 0 Å². The zero-order valence-electron chi connectivity index (χ0n) is 15.2. The number of fused-ring (bicyclic) bond motifs is 1. The normalized spacial score (nSPS) is 15.0. The summed E-state index contributed by atoms with van der Waals surface area (Å²) in [6, 6.07) is 9.17. The molecule has 1 aliphatic rings. The molecule has 0 unspecified atom stereocenters. The van der Waals surface area contributed by atoms with Gasteiger partial charge in [0.25, 0.3) is 5.56 Å². The highest BCUT2D eigenvalue weighted by Crippen LogP contribution is 2.24. The Hall–Kier alpha value is -1.83. The lowest BCUT2D eigenvalue weighted by molar-refractivity contribution is -0.119. The van der Waals surface area contributed by atoms with Gasteiger partial charge in [-0.2, -0.15) is 0 Å². The fraction of sp³-hybridized carbons (Fsp3) is 0.350. The van der Waals surface area contributed by atoms with Gasteiger partial charge in [0.15, 0.2) is 5.16 Å². The topological polar surface area (TPSA) is 64.0 Å². The van der Waals surface area contributed by atoms with Crippen LogP contribution in [0.25, 0.3) is 15.9 Å². The summed E-state index contributed by atoms with van der Waals surface area (Å²) >= 11 is 8.65. The third-order valence-corrected chi connectivity index (χ3v) is 6.92. The van der Waals surface area contributed by atoms with E-state index in [1.54, 1.807) is 28.8 Å². The maximum Gasteiger partial charge on any atom is 0.276 e. The van der Waals surface area contributed by atoms with Gasteiger partial charge in [-0.15, -0.1) is 11.3 Å². The Bertz CT molecular complexity index is 1040. The molecule has 1 aliphatic carbocycles. The summed E-state index contributed by atoms with van der Waals surface area (Å²) in [6.45, 7) is 0. The molecule has 1 amide bonds. The molecule has 146 valence electrons. The number of hydrogen-bond donors (Lipinski definition) is 1. The van der Waals surface area contributed by atoms with Crippen molar-refractivity contribution in [1.82, 2.24) is 14.9 Å². The molecule has 5 nitrogen and oxygen atoms in total. The molecule has 0 bridgehead atoms. The highest BCUT2D eigenvalue weighted by atomic mass is 35.5. The molecule has 4 rings (SSSR count). The maximum atomic E-state index is 13.0. The van der Waals surface area contributed by atoms with E-state index < -0.39 is 0 Å². The number of hydrogen-bond acceptors (Lipinski definition) is 5. The third-order valence-electron chi connectivity index (χ3n) is 4.84. The molecule has 0 spiro atoms. The number of nitrogens with one attached hydrogen (secondary N) is 1. The van der Waals surface area contributed by atoms with E-state index in [0.717, 1.165) is 12.8 Å². The van der Waals surface area contributed by atoms with Crippen molar-refractivity contribution in [2.45, 2.75) is 43.3 Å². The highest BCUT2D eigenvalue weighted by Gasteiger charge is 2.18. The Labute approximate surface area is 176 Å². The molecule has 8 heteroatoms. The first-order valence-electron chi connectivity index (χ1n) is 9.30. The average molecular weight is 434 g/mol. The molecule has 0 atom stereocenters. The number of aromatic nitrogens is 2. The molecular formula is C20H20ClN3O2S2. The minimum absolute atomic E-state index is 0.0146. The minimum Gasteiger partial charge on any atom is -0.353 e. The van der Waals surface area contributed by atoms with E-state index in [0.29, 0.717) is 26.1 Å². The number of thiophene rings is 1. The summed E-state index contributed by atoms with van der Waals surface area (Å²) in [5.41, 5.74) is 1.22. The molecule has 0 aliphatic heterocycles. The van der Waals surface area contributed by atoms with Gasteiger partial charge in [-0.25, -0.2) is 4.98 Å². The molecule has 1 fully saturated rings. The van der Waals surface area contributed by atoms with Crippen molar-refractivity contribution in [3.8, 4) is 5.69 Å². The smallest absolute Gasteiger partial charge is 0.276 e. The van der Waals surface area contributed by atoms with Crippen LogP contribution in [0.15, 0.2) is 45.7 Å². The first-order valence-corrected chi connectivity index (χ1v) is 11.5. The molecule has 1 saturated carbocycles. The third kappa shape index (κ3) is 4.26. The van der Waals surface area contributed by atoms with Crippen molar-refractivity contribution in [3.05, 3.63) is 51.1 Å².